The van der Waals surface area contributed by atoms with Crippen LogP contribution in [0.5, 0.6) is 0 Å². The summed E-state index contributed by atoms with van der Waals surface area (Å²) in [7, 11) is 0. The highest BCUT2D eigenvalue weighted by atomic mass is 16.3. The predicted octanol–water partition coefficient (Wildman–Crippen LogP) is 4.66. The molecular formula is C16H23NO. The molecule has 2 heteroatoms. The minimum atomic E-state index is 0.318. The van der Waals surface area contributed by atoms with Crippen LogP contribution in [0.2, 0.25) is 0 Å². The van der Waals surface area contributed by atoms with Gasteiger partial charge in [0.2, 0.25) is 0 Å². The summed E-state index contributed by atoms with van der Waals surface area (Å²) in [5, 5.41) is 4.84. The number of furan rings is 1. The zero-order chi connectivity index (χ0) is 13.0. The van der Waals surface area contributed by atoms with Gasteiger partial charge in [0, 0.05) is 11.4 Å². The van der Waals surface area contributed by atoms with E-state index in [2.05, 4.69) is 44.3 Å². The van der Waals surface area contributed by atoms with Gasteiger partial charge in [-0.05, 0) is 31.9 Å². The zero-order valence-corrected chi connectivity index (χ0v) is 11.6. The van der Waals surface area contributed by atoms with E-state index in [0.29, 0.717) is 12.1 Å². The maximum atomic E-state index is 5.94. The summed E-state index contributed by atoms with van der Waals surface area (Å²) >= 11 is 0. The largest absolute Gasteiger partial charge is 0.459 e. The van der Waals surface area contributed by atoms with Crippen molar-refractivity contribution in [2.75, 3.05) is 0 Å². The van der Waals surface area contributed by atoms with Gasteiger partial charge in [0.15, 0.2) is 0 Å². The molecule has 1 aromatic heterocycles. The third-order valence-electron chi connectivity index (χ3n) is 3.40. The van der Waals surface area contributed by atoms with Crippen LogP contribution in [-0.4, -0.2) is 6.04 Å². The van der Waals surface area contributed by atoms with Crippen LogP contribution in [0.15, 0.2) is 34.7 Å². The van der Waals surface area contributed by atoms with Crippen LogP contribution in [0.3, 0.4) is 0 Å². The van der Waals surface area contributed by atoms with Crippen molar-refractivity contribution in [1.82, 2.24) is 5.32 Å². The van der Waals surface area contributed by atoms with Crippen LogP contribution in [0.1, 0.15) is 51.8 Å². The Kier molecular flexibility index (Phi) is 4.43. The van der Waals surface area contributed by atoms with Crippen molar-refractivity contribution in [2.24, 2.45) is 0 Å². The molecule has 0 fully saturated rings. The average molecular weight is 245 g/mol. The molecule has 0 radical (unpaired) electrons. The molecule has 18 heavy (non-hydrogen) atoms. The van der Waals surface area contributed by atoms with E-state index in [1.807, 2.05) is 12.1 Å². The molecule has 2 nitrogen and oxygen atoms in total. The standard InChI is InChI=1S/C16H23NO/c1-4-8-12(3)17-14(5-2)16-11-13-9-6-7-10-15(13)18-16/h6-7,9-12,14,17H,4-5,8H2,1-3H3. The number of nitrogens with one attached hydrogen (secondary N) is 1. The lowest BCUT2D eigenvalue weighted by molar-refractivity contribution is 0.372. The summed E-state index contributed by atoms with van der Waals surface area (Å²) in [6.45, 7) is 6.67. The van der Waals surface area contributed by atoms with E-state index in [4.69, 9.17) is 4.42 Å². The van der Waals surface area contributed by atoms with Gasteiger partial charge in [0.05, 0.1) is 6.04 Å². The fraction of sp³-hybridized carbons (Fsp3) is 0.500. The van der Waals surface area contributed by atoms with Gasteiger partial charge >= 0.3 is 0 Å². The molecule has 2 rings (SSSR count). The first kappa shape index (κ1) is 13.2. The predicted molar refractivity (Wildman–Crippen MR) is 76.8 cm³/mol. The number of fused-ring (bicyclic) bond motifs is 1. The number of para-hydroxylation sites is 1. The third-order valence-corrected chi connectivity index (χ3v) is 3.40. The molecular weight excluding hydrogens is 222 g/mol. The Morgan fingerprint density at radius 2 is 2.00 bits per heavy atom. The normalized spacial score (nSPS) is 14.8. The van der Waals surface area contributed by atoms with Gasteiger partial charge in [-0.2, -0.15) is 0 Å². The quantitative estimate of drug-likeness (QED) is 0.800. The van der Waals surface area contributed by atoms with Gasteiger partial charge in [0.25, 0.3) is 0 Å². The molecule has 0 spiro atoms. The Morgan fingerprint density at radius 3 is 2.67 bits per heavy atom. The highest BCUT2D eigenvalue weighted by molar-refractivity contribution is 5.77. The van der Waals surface area contributed by atoms with Gasteiger partial charge in [-0.3, -0.25) is 0 Å². The Morgan fingerprint density at radius 1 is 1.22 bits per heavy atom. The van der Waals surface area contributed by atoms with Crippen LogP contribution in [0.4, 0.5) is 0 Å². The zero-order valence-electron chi connectivity index (χ0n) is 11.6. The van der Waals surface area contributed by atoms with Crippen molar-refractivity contribution >= 4 is 11.0 Å². The average Bonchev–Trinajstić information content (AvgIpc) is 2.79. The Bertz CT molecular complexity index is 456. The highest BCUT2D eigenvalue weighted by Gasteiger charge is 2.16. The lowest BCUT2D eigenvalue weighted by Gasteiger charge is -2.20. The first-order valence-electron chi connectivity index (χ1n) is 6.99. The fourth-order valence-electron chi connectivity index (χ4n) is 2.44. The minimum Gasteiger partial charge on any atom is -0.459 e. The van der Waals surface area contributed by atoms with E-state index in [1.165, 1.54) is 18.2 Å². The van der Waals surface area contributed by atoms with E-state index in [1.54, 1.807) is 0 Å². The smallest absolute Gasteiger partial charge is 0.134 e. The molecule has 2 aromatic rings. The number of benzene rings is 1. The maximum absolute atomic E-state index is 5.94. The Balaban J connectivity index is 2.16. The van der Waals surface area contributed by atoms with Gasteiger partial charge < -0.3 is 9.73 Å². The molecule has 2 unspecified atom stereocenters. The molecule has 0 aliphatic heterocycles. The van der Waals surface area contributed by atoms with Gasteiger partial charge in [0.1, 0.15) is 11.3 Å². The lowest BCUT2D eigenvalue weighted by Crippen LogP contribution is -2.29. The molecule has 0 saturated carbocycles. The molecule has 1 heterocycles. The SMILES string of the molecule is CCCC(C)NC(CC)c1cc2ccccc2o1. The second-order valence-corrected chi connectivity index (χ2v) is 5.00. The summed E-state index contributed by atoms with van der Waals surface area (Å²) in [4.78, 5) is 0. The van der Waals surface area contributed by atoms with Crippen LogP contribution in [-0.2, 0) is 0 Å². The van der Waals surface area contributed by atoms with Crippen molar-refractivity contribution < 1.29 is 4.42 Å². The third kappa shape index (κ3) is 2.94. The van der Waals surface area contributed by atoms with Crippen LogP contribution < -0.4 is 5.32 Å². The summed E-state index contributed by atoms with van der Waals surface area (Å²) in [6.07, 6.45) is 3.47. The molecule has 1 aromatic carbocycles. The van der Waals surface area contributed by atoms with Crippen LogP contribution >= 0.6 is 0 Å². The van der Waals surface area contributed by atoms with E-state index in [9.17, 15) is 0 Å². The van der Waals surface area contributed by atoms with Crippen molar-refractivity contribution in [2.45, 2.75) is 52.1 Å². The minimum absolute atomic E-state index is 0.318. The van der Waals surface area contributed by atoms with Crippen molar-refractivity contribution in [3.8, 4) is 0 Å². The van der Waals surface area contributed by atoms with E-state index in [-0.39, 0.29) is 0 Å². The second kappa shape index (κ2) is 6.05. The molecule has 98 valence electrons. The molecule has 0 amide bonds. The first-order valence-corrected chi connectivity index (χ1v) is 6.99. The highest BCUT2D eigenvalue weighted by Crippen LogP contribution is 2.26. The number of hydrogen-bond acceptors (Lipinski definition) is 2. The van der Waals surface area contributed by atoms with Crippen LogP contribution in [0.25, 0.3) is 11.0 Å². The second-order valence-electron chi connectivity index (χ2n) is 5.00. The molecule has 0 bridgehead atoms. The van der Waals surface area contributed by atoms with Crippen molar-refractivity contribution in [3.63, 3.8) is 0 Å². The summed E-state index contributed by atoms with van der Waals surface area (Å²) in [5.41, 5.74) is 0.982. The summed E-state index contributed by atoms with van der Waals surface area (Å²) < 4.78 is 5.94. The van der Waals surface area contributed by atoms with Gasteiger partial charge in [-0.1, -0.05) is 38.5 Å². The summed E-state index contributed by atoms with van der Waals surface area (Å²) in [5.74, 6) is 1.06. The fourth-order valence-corrected chi connectivity index (χ4v) is 2.44. The Hall–Kier alpha value is -1.28. The van der Waals surface area contributed by atoms with Crippen molar-refractivity contribution in [3.05, 3.63) is 36.1 Å². The van der Waals surface area contributed by atoms with Gasteiger partial charge in [-0.15, -0.1) is 0 Å². The number of hydrogen-bond donors (Lipinski definition) is 1. The molecule has 0 aliphatic rings. The Labute approximate surface area is 109 Å². The molecule has 1 N–H and O–H groups in total. The monoisotopic (exact) mass is 245 g/mol. The van der Waals surface area contributed by atoms with E-state index >= 15 is 0 Å². The molecule has 0 aliphatic carbocycles. The molecule has 2 atom stereocenters. The lowest BCUT2D eigenvalue weighted by atomic mass is 10.1. The van der Waals surface area contributed by atoms with E-state index < -0.39 is 0 Å². The number of rotatable bonds is 6. The maximum Gasteiger partial charge on any atom is 0.134 e. The van der Waals surface area contributed by atoms with Crippen molar-refractivity contribution in [1.29, 1.82) is 0 Å². The van der Waals surface area contributed by atoms with Crippen LogP contribution in [0, 0.1) is 0 Å². The van der Waals surface area contributed by atoms with Gasteiger partial charge in [-0.25, -0.2) is 0 Å². The topological polar surface area (TPSA) is 25.2 Å². The first-order chi connectivity index (χ1) is 8.74. The molecule has 0 saturated heterocycles. The summed E-state index contributed by atoms with van der Waals surface area (Å²) in [6, 6.07) is 11.2. The van der Waals surface area contributed by atoms with E-state index in [0.717, 1.165) is 17.8 Å².